The Morgan fingerprint density at radius 2 is 1.57 bits per heavy atom. The van der Waals surface area contributed by atoms with Crippen molar-refractivity contribution in [2.24, 2.45) is 0 Å². The Kier molecular flexibility index (Phi) is 10.6. The summed E-state index contributed by atoms with van der Waals surface area (Å²) in [5, 5.41) is 3.04. The van der Waals surface area contributed by atoms with Gasteiger partial charge < -0.3 is 10.2 Å². The summed E-state index contributed by atoms with van der Waals surface area (Å²) in [5.41, 5.74) is 2.77. The molecule has 10 heteroatoms. The number of carbonyl (C=O) groups excluding carboxylic acids is 2. The number of carbonyl (C=O) groups is 2. The number of amides is 2. The minimum atomic E-state index is -4.25. The molecule has 0 saturated heterocycles. The molecule has 1 N–H and O–H groups in total. The molecule has 0 bridgehead atoms. The number of nitrogens with zero attached hydrogens (tertiary/aromatic N) is 2. The number of sulfonamides is 1. The monoisotopic (exact) mass is 603 g/mol. The average molecular weight is 605 g/mol. The predicted octanol–water partition coefficient (Wildman–Crippen LogP) is 6.14. The zero-order valence-corrected chi connectivity index (χ0v) is 25.6. The first-order chi connectivity index (χ1) is 18.8. The van der Waals surface area contributed by atoms with E-state index in [1.54, 1.807) is 24.3 Å². The molecule has 3 aromatic carbocycles. The molecule has 1 atom stereocenters. The summed E-state index contributed by atoms with van der Waals surface area (Å²) < 4.78 is 28.9. The third-order valence-electron chi connectivity index (χ3n) is 6.34. The molecule has 0 spiro atoms. The number of benzene rings is 3. The van der Waals surface area contributed by atoms with Gasteiger partial charge in [0.15, 0.2) is 0 Å². The van der Waals surface area contributed by atoms with Crippen LogP contribution >= 0.6 is 23.2 Å². The number of nitrogens with one attached hydrogen (secondary N) is 1. The molecule has 0 aliphatic carbocycles. The van der Waals surface area contributed by atoms with Crippen LogP contribution in [0.1, 0.15) is 43.9 Å². The number of aryl methyl sites for hydroxylation is 2. The minimum absolute atomic E-state index is 0.00230. The van der Waals surface area contributed by atoms with Gasteiger partial charge in [-0.2, -0.15) is 0 Å². The number of hydrogen-bond donors (Lipinski definition) is 1. The highest BCUT2D eigenvalue weighted by molar-refractivity contribution is 7.92. The van der Waals surface area contributed by atoms with Crippen molar-refractivity contribution >= 4 is 50.7 Å². The van der Waals surface area contributed by atoms with Gasteiger partial charge in [0.1, 0.15) is 12.6 Å². The molecule has 7 nitrogen and oxygen atoms in total. The molecule has 0 fully saturated rings. The smallest absolute Gasteiger partial charge is 0.264 e. The van der Waals surface area contributed by atoms with E-state index in [4.69, 9.17) is 23.2 Å². The maximum atomic E-state index is 14.1. The van der Waals surface area contributed by atoms with Crippen molar-refractivity contribution in [2.45, 2.75) is 64.6 Å². The van der Waals surface area contributed by atoms with Gasteiger partial charge in [-0.1, -0.05) is 83.7 Å². The van der Waals surface area contributed by atoms with E-state index in [2.05, 4.69) is 5.32 Å². The second-order valence-electron chi connectivity index (χ2n) is 10.00. The van der Waals surface area contributed by atoms with Crippen molar-refractivity contribution in [1.82, 2.24) is 10.2 Å². The standard InChI is InChI=1S/C30H35Cl2N3O4S/c1-6-26(30(37)33-20(2)3)34(18-23-10-7-9-22(5)17-23)28(36)19-35(27-12-8-11-25(31)29(27)32)40(38,39)24-15-13-21(4)14-16-24/h7-17,20,26H,6,18-19H2,1-5H3,(H,33,37)/t26-/m0/s1. The van der Waals surface area contributed by atoms with Gasteiger partial charge >= 0.3 is 0 Å². The molecule has 214 valence electrons. The molecule has 0 aliphatic heterocycles. The van der Waals surface area contributed by atoms with Crippen molar-refractivity contribution in [3.63, 3.8) is 0 Å². The van der Waals surface area contributed by atoms with Crippen LogP contribution in [0.3, 0.4) is 0 Å². The van der Waals surface area contributed by atoms with Crippen LogP contribution in [0.5, 0.6) is 0 Å². The number of hydrogen-bond acceptors (Lipinski definition) is 4. The Bertz CT molecular complexity index is 1460. The Morgan fingerprint density at radius 1 is 0.925 bits per heavy atom. The molecule has 0 aromatic heterocycles. The van der Waals surface area contributed by atoms with Gasteiger partial charge in [-0.3, -0.25) is 13.9 Å². The molecule has 0 unspecified atom stereocenters. The van der Waals surface area contributed by atoms with Gasteiger partial charge in [0, 0.05) is 12.6 Å². The molecule has 40 heavy (non-hydrogen) atoms. The van der Waals surface area contributed by atoms with Crippen LogP contribution < -0.4 is 9.62 Å². The summed E-state index contributed by atoms with van der Waals surface area (Å²) in [4.78, 5) is 28.7. The highest BCUT2D eigenvalue weighted by Gasteiger charge is 2.34. The van der Waals surface area contributed by atoms with E-state index in [0.717, 1.165) is 21.0 Å². The minimum Gasteiger partial charge on any atom is -0.352 e. The molecular weight excluding hydrogens is 569 g/mol. The van der Waals surface area contributed by atoms with Crippen LogP contribution in [0.15, 0.2) is 71.6 Å². The lowest BCUT2D eigenvalue weighted by Crippen LogP contribution is -2.53. The predicted molar refractivity (Wildman–Crippen MR) is 161 cm³/mol. The van der Waals surface area contributed by atoms with Crippen LogP contribution in [-0.4, -0.2) is 43.8 Å². The van der Waals surface area contributed by atoms with Crippen LogP contribution in [0, 0.1) is 13.8 Å². The van der Waals surface area contributed by atoms with Crippen molar-refractivity contribution in [3.8, 4) is 0 Å². The molecule has 0 aliphatic rings. The van der Waals surface area contributed by atoms with Crippen LogP contribution in [-0.2, 0) is 26.2 Å². The zero-order valence-electron chi connectivity index (χ0n) is 23.3. The normalized spacial score (nSPS) is 12.2. The second kappa shape index (κ2) is 13.5. The summed E-state index contributed by atoms with van der Waals surface area (Å²) in [7, 11) is -4.25. The first-order valence-corrected chi connectivity index (χ1v) is 15.2. The van der Waals surface area contributed by atoms with E-state index in [1.807, 2.05) is 58.9 Å². The average Bonchev–Trinajstić information content (AvgIpc) is 2.88. The van der Waals surface area contributed by atoms with Gasteiger partial charge in [-0.05, 0) is 63.9 Å². The van der Waals surface area contributed by atoms with Crippen LogP contribution in [0.25, 0.3) is 0 Å². The lowest BCUT2D eigenvalue weighted by Gasteiger charge is -2.34. The van der Waals surface area contributed by atoms with Crippen LogP contribution in [0.2, 0.25) is 10.0 Å². The first kappa shape index (κ1) is 31.5. The first-order valence-electron chi connectivity index (χ1n) is 13.0. The molecule has 3 rings (SSSR count). The van der Waals surface area contributed by atoms with E-state index in [0.29, 0.717) is 6.42 Å². The third kappa shape index (κ3) is 7.56. The molecular formula is C30H35Cl2N3O4S. The fourth-order valence-electron chi connectivity index (χ4n) is 4.34. The van der Waals surface area contributed by atoms with Crippen molar-refractivity contribution in [1.29, 1.82) is 0 Å². The fourth-order valence-corrected chi connectivity index (χ4v) is 6.22. The largest absolute Gasteiger partial charge is 0.352 e. The number of rotatable bonds is 11. The Hall–Kier alpha value is -3.07. The van der Waals surface area contributed by atoms with E-state index in [1.165, 1.54) is 23.1 Å². The van der Waals surface area contributed by atoms with Gasteiger partial charge in [0.2, 0.25) is 11.8 Å². The summed E-state index contributed by atoms with van der Waals surface area (Å²) in [5.74, 6) is -0.869. The van der Waals surface area contributed by atoms with Gasteiger partial charge in [-0.25, -0.2) is 8.42 Å². The van der Waals surface area contributed by atoms with E-state index < -0.39 is 28.5 Å². The van der Waals surface area contributed by atoms with E-state index in [9.17, 15) is 18.0 Å². The number of halogens is 2. The van der Waals surface area contributed by atoms with Gasteiger partial charge in [0.25, 0.3) is 10.0 Å². The SMILES string of the molecule is CC[C@@H](C(=O)NC(C)C)N(Cc1cccc(C)c1)C(=O)CN(c1cccc(Cl)c1Cl)S(=O)(=O)c1ccc(C)cc1. The Morgan fingerprint density at radius 3 is 2.17 bits per heavy atom. The third-order valence-corrected chi connectivity index (χ3v) is 8.92. The highest BCUT2D eigenvalue weighted by Crippen LogP contribution is 2.35. The van der Waals surface area contributed by atoms with E-state index in [-0.39, 0.29) is 39.1 Å². The Labute approximate surface area is 247 Å². The Balaban J connectivity index is 2.11. The fraction of sp³-hybridized carbons (Fsp3) is 0.333. The topological polar surface area (TPSA) is 86.8 Å². The van der Waals surface area contributed by atoms with Crippen molar-refractivity contribution < 1.29 is 18.0 Å². The van der Waals surface area contributed by atoms with Crippen molar-refractivity contribution in [2.75, 3.05) is 10.8 Å². The molecule has 0 radical (unpaired) electrons. The number of anilines is 1. The lowest BCUT2D eigenvalue weighted by atomic mass is 10.1. The molecule has 0 saturated carbocycles. The summed E-state index contributed by atoms with van der Waals surface area (Å²) in [6.45, 7) is 8.81. The van der Waals surface area contributed by atoms with Gasteiger partial charge in [0.05, 0.1) is 20.6 Å². The summed E-state index contributed by atoms with van der Waals surface area (Å²) in [6, 6.07) is 17.6. The van der Waals surface area contributed by atoms with Crippen molar-refractivity contribution in [3.05, 3.63) is 93.5 Å². The van der Waals surface area contributed by atoms with E-state index >= 15 is 0 Å². The summed E-state index contributed by atoms with van der Waals surface area (Å²) in [6.07, 6.45) is 0.332. The highest BCUT2D eigenvalue weighted by atomic mass is 35.5. The summed E-state index contributed by atoms with van der Waals surface area (Å²) >= 11 is 12.7. The second-order valence-corrected chi connectivity index (χ2v) is 12.6. The van der Waals surface area contributed by atoms with Crippen LogP contribution in [0.4, 0.5) is 5.69 Å². The zero-order chi connectivity index (χ0) is 29.6. The maximum Gasteiger partial charge on any atom is 0.264 e. The van der Waals surface area contributed by atoms with Gasteiger partial charge in [-0.15, -0.1) is 0 Å². The maximum absolute atomic E-state index is 14.1. The lowest BCUT2D eigenvalue weighted by molar-refractivity contribution is -0.140. The quantitative estimate of drug-likeness (QED) is 0.285. The molecule has 3 aromatic rings. The molecule has 0 heterocycles. The molecule has 2 amide bonds.